The molecule has 0 bridgehead atoms. The van der Waals surface area contributed by atoms with Gasteiger partial charge >= 0.3 is 0 Å². The number of anilines is 1. The summed E-state index contributed by atoms with van der Waals surface area (Å²) in [5.74, 6) is 0.864. The molecule has 0 saturated heterocycles. The van der Waals surface area contributed by atoms with E-state index in [2.05, 4.69) is 19.9 Å². The molecule has 0 aliphatic carbocycles. The molecule has 0 amide bonds. The van der Waals surface area contributed by atoms with Gasteiger partial charge in [0.2, 0.25) is 0 Å². The number of rotatable bonds is 5. The van der Waals surface area contributed by atoms with Crippen LogP contribution in [0.2, 0.25) is 0 Å². The normalized spacial score (nSPS) is 12.5. The summed E-state index contributed by atoms with van der Waals surface area (Å²) in [6.45, 7) is 7.06. The molecule has 0 saturated carbocycles. The Hall–Kier alpha value is -0.830. The molecule has 0 heterocycles. The Kier molecular flexibility index (Phi) is 4.82. The summed E-state index contributed by atoms with van der Waals surface area (Å²) >= 11 is 1.84. The van der Waals surface area contributed by atoms with E-state index >= 15 is 0 Å². The van der Waals surface area contributed by atoms with Crippen LogP contribution in [0.1, 0.15) is 27.2 Å². The molecule has 1 rings (SSSR count). The molecule has 0 spiro atoms. The first-order valence-corrected chi connectivity index (χ1v) is 6.23. The summed E-state index contributed by atoms with van der Waals surface area (Å²) in [5, 5.41) is 0.612. The molecule has 2 N–H and O–H groups in total. The number of nitrogen functional groups attached to an aromatic ring is 1. The maximum Gasteiger partial charge on any atom is 0.122 e. The van der Waals surface area contributed by atoms with Gasteiger partial charge in [0.15, 0.2) is 0 Å². The summed E-state index contributed by atoms with van der Waals surface area (Å²) in [6.07, 6.45) is 1.16. The monoisotopic (exact) mass is 225 g/mol. The van der Waals surface area contributed by atoms with E-state index in [-0.39, 0.29) is 0 Å². The van der Waals surface area contributed by atoms with E-state index < -0.39 is 0 Å². The van der Waals surface area contributed by atoms with Crippen LogP contribution in [-0.2, 0) is 0 Å². The first-order valence-electron chi connectivity index (χ1n) is 5.35. The Labute approximate surface area is 96.2 Å². The molecule has 15 heavy (non-hydrogen) atoms. The smallest absolute Gasteiger partial charge is 0.122 e. The second kappa shape index (κ2) is 5.91. The zero-order chi connectivity index (χ0) is 11.3. The highest BCUT2D eigenvalue weighted by Gasteiger charge is 2.04. The van der Waals surface area contributed by atoms with Crippen LogP contribution in [0.15, 0.2) is 23.1 Å². The van der Waals surface area contributed by atoms with Crippen molar-refractivity contribution in [3.63, 3.8) is 0 Å². The molecule has 0 aliphatic heterocycles. The number of nitrogens with two attached hydrogens (primary N) is 1. The Morgan fingerprint density at radius 3 is 2.67 bits per heavy atom. The minimum absolute atomic E-state index is 0.612. The van der Waals surface area contributed by atoms with Crippen LogP contribution in [0.5, 0.6) is 5.75 Å². The summed E-state index contributed by atoms with van der Waals surface area (Å²) in [5.41, 5.74) is 6.58. The van der Waals surface area contributed by atoms with Crippen LogP contribution in [0.4, 0.5) is 5.69 Å². The summed E-state index contributed by atoms with van der Waals surface area (Å²) < 4.78 is 5.45. The van der Waals surface area contributed by atoms with Gasteiger partial charge in [-0.2, -0.15) is 0 Å². The Balaban J connectivity index is 2.78. The molecule has 2 nitrogen and oxygen atoms in total. The molecule has 1 aromatic carbocycles. The van der Waals surface area contributed by atoms with Crippen molar-refractivity contribution in [2.45, 2.75) is 37.3 Å². The van der Waals surface area contributed by atoms with Gasteiger partial charge in [-0.3, -0.25) is 0 Å². The number of hydrogen-bond acceptors (Lipinski definition) is 3. The van der Waals surface area contributed by atoms with Crippen LogP contribution in [0.25, 0.3) is 0 Å². The number of benzene rings is 1. The fraction of sp³-hybridized carbons (Fsp3) is 0.500. The van der Waals surface area contributed by atoms with E-state index in [9.17, 15) is 0 Å². The lowest BCUT2D eigenvalue weighted by Gasteiger charge is -2.11. The summed E-state index contributed by atoms with van der Waals surface area (Å²) in [7, 11) is 0. The third-order valence-electron chi connectivity index (χ3n) is 2.13. The van der Waals surface area contributed by atoms with Crippen molar-refractivity contribution >= 4 is 17.4 Å². The average Bonchev–Trinajstić information content (AvgIpc) is 2.17. The highest BCUT2D eigenvalue weighted by Crippen LogP contribution is 2.30. The van der Waals surface area contributed by atoms with E-state index in [1.807, 2.05) is 30.8 Å². The highest BCUT2D eigenvalue weighted by molar-refractivity contribution is 7.99. The minimum Gasteiger partial charge on any atom is -0.494 e. The van der Waals surface area contributed by atoms with Gasteiger partial charge in [0, 0.05) is 21.9 Å². The van der Waals surface area contributed by atoms with Crippen molar-refractivity contribution in [1.82, 2.24) is 0 Å². The summed E-state index contributed by atoms with van der Waals surface area (Å²) in [4.78, 5) is 1.19. The topological polar surface area (TPSA) is 35.2 Å². The molecule has 0 fully saturated rings. The van der Waals surface area contributed by atoms with E-state index in [1.54, 1.807) is 0 Å². The van der Waals surface area contributed by atoms with E-state index in [0.29, 0.717) is 11.9 Å². The predicted molar refractivity (Wildman–Crippen MR) is 67.6 cm³/mol. The summed E-state index contributed by atoms with van der Waals surface area (Å²) in [6, 6.07) is 5.92. The molecule has 84 valence electrons. The molecule has 3 heteroatoms. The fourth-order valence-corrected chi connectivity index (χ4v) is 2.25. The third kappa shape index (κ3) is 4.04. The van der Waals surface area contributed by atoms with Crippen molar-refractivity contribution in [2.24, 2.45) is 0 Å². The van der Waals surface area contributed by atoms with E-state index in [4.69, 9.17) is 10.5 Å². The minimum atomic E-state index is 0.612. The third-order valence-corrected chi connectivity index (χ3v) is 3.37. The lowest BCUT2D eigenvalue weighted by atomic mass is 10.3. The van der Waals surface area contributed by atoms with Gasteiger partial charge in [0.05, 0.1) is 6.61 Å². The zero-order valence-electron chi connectivity index (χ0n) is 9.62. The fourth-order valence-electron chi connectivity index (χ4n) is 1.23. The number of thioether (sulfide) groups is 1. The van der Waals surface area contributed by atoms with Crippen molar-refractivity contribution in [3.05, 3.63) is 18.2 Å². The largest absolute Gasteiger partial charge is 0.494 e. The quantitative estimate of drug-likeness (QED) is 0.614. The Morgan fingerprint density at radius 2 is 2.07 bits per heavy atom. The van der Waals surface area contributed by atoms with Crippen molar-refractivity contribution < 1.29 is 4.74 Å². The maximum absolute atomic E-state index is 5.81. The molecular formula is C12H19NOS. The lowest BCUT2D eigenvalue weighted by Crippen LogP contribution is -1.96. The van der Waals surface area contributed by atoms with Gasteiger partial charge in [0.25, 0.3) is 0 Å². The SMILES string of the molecule is CCOc1cc(N)cc(SC(C)CC)c1. The van der Waals surface area contributed by atoms with Gasteiger partial charge in [0.1, 0.15) is 5.75 Å². The molecule has 0 radical (unpaired) electrons. The van der Waals surface area contributed by atoms with Crippen LogP contribution in [0, 0.1) is 0 Å². The molecule has 1 unspecified atom stereocenters. The second-order valence-corrected chi connectivity index (χ2v) is 5.02. The van der Waals surface area contributed by atoms with Crippen LogP contribution in [-0.4, -0.2) is 11.9 Å². The Morgan fingerprint density at radius 1 is 1.33 bits per heavy atom. The van der Waals surface area contributed by atoms with Crippen molar-refractivity contribution in [3.8, 4) is 5.75 Å². The lowest BCUT2D eigenvalue weighted by molar-refractivity contribution is 0.339. The second-order valence-electron chi connectivity index (χ2n) is 3.51. The molecule has 0 aliphatic rings. The first-order chi connectivity index (χ1) is 7.15. The first kappa shape index (κ1) is 12.2. The molecule has 1 atom stereocenters. The standard InChI is InChI=1S/C12H19NOS/c1-4-9(3)15-12-7-10(13)6-11(8-12)14-5-2/h6-9H,4-5,13H2,1-3H3. The number of hydrogen-bond donors (Lipinski definition) is 1. The van der Waals surface area contributed by atoms with Gasteiger partial charge in [-0.25, -0.2) is 0 Å². The van der Waals surface area contributed by atoms with Crippen LogP contribution < -0.4 is 10.5 Å². The van der Waals surface area contributed by atoms with Crippen molar-refractivity contribution in [1.29, 1.82) is 0 Å². The molecule has 0 aromatic heterocycles. The predicted octanol–water partition coefficient (Wildman–Crippen LogP) is 3.56. The number of ether oxygens (including phenoxy) is 1. The average molecular weight is 225 g/mol. The molecular weight excluding hydrogens is 206 g/mol. The van der Waals surface area contributed by atoms with E-state index in [0.717, 1.165) is 17.9 Å². The highest BCUT2D eigenvalue weighted by atomic mass is 32.2. The van der Waals surface area contributed by atoms with Crippen molar-refractivity contribution in [2.75, 3.05) is 12.3 Å². The van der Waals surface area contributed by atoms with Crippen LogP contribution in [0.3, 0.4) is 0 Å². The Bertz CT molecular complexity index is 314. The van der Waals surface area contributed by atoms with Gasteiger partial charge in [-0.05, 0) is 25.5 Å². The van der Waals surface area contributed by atoms with Gasteiger partial charge in [-0.1, -0.05) is 13.8 Å². The molecule has 1 aromatic rings. The van der Waals surface area contributed by atoms with Gasteiger partial charge < -0.3 is 10.5 Å². The maximum atomic E-state index is 5.81. The van der Waals surface area contributed by atoms with E-state index in [1.165, 1.54) is 4.90 Å². The van der Waals surface area contributed by atoms with Crippen LogP contribution >= 0.6 is 11.8 Å². The zero-order valence-corrected chi connectivity index (χ0v) is 10.4. The van der Waals surface area contributed by atoms with Gasteiger partial charge in [-0.15, -0.1) is 11.8 Å².